The lowest BCUT2D eigenvalue weighted by Crippen LogP contribution is -2.06. The summed E-state index contributed by atoms with van der Waals surface area (Å²) in [5.74, 6) is 0.0264. The van der Waals surface area contributed by atoms with Crippen LogP contribution in [0.2, 0.25) is 0 Å². The van der Waals surface area contributed by atoms with Gasteiger partial charge in [-0.1, -0.05) is 12.1 Å². The lowest BCUT2D eigenvalue weighted by Gasteiger charge is -2.11. The molecule has 1 unspecified atom stereocenters. The molecule has 1 N–H and O–H groups in total. The molecule has 0 aromatic heterocycles. The second-order valence-electron chi connectivity index (χ2n) is 4.24. The van der Waals surface area contributed by atoms with Crippen molar-refractivity contribution < 1.29 is 27.0 Å². The number of ether oxygens (including phenoxy) is 1. The second-order valence-corrected chi connectivity index (χ2v) is 6.50. The summed E-state index contributed by atoms with van der Waals surface area (Å²) < 4.78 is 49.9. The Morgan fingerprint density at radius 1 is 1.26 bits per heavy atom. The molecule has 108 valence electrons. The standard InChI is InChI=1S/C12H16F2O4S/c1-19(16,17)8-2-3-11(15)9-4-6-10(7-5-9)18-12(13)14/h4-7,11-12,15H,2-3,8H2,1H3. The molecule has 0 bridgehead atoms. The molecule has 0 saturated carbocycles. The molecule has 0 aliphatic carbocycles. The lowest BCUT2D eigenvalue weighted by molar-refractivity contribution is -0.0498. The summed E-state index contributed by atoms with van der Waals surface area (Å²) in [4.78, 5) is 0. The van der Waals surface area contributed by atoms with Crippen molar-refractivity contribution in [3.8, 4) is 5.75 Å². The SMILES string of the molecule is CS(=O)(=O)CCCC(O)c1ccc(OC(F)F)cc1. The quantitative estimate of drug-likeness (QED) is 0.837. The van der Waals surface area contributed by atoms with E-state index in [2.05, 4.69) is 4.74 Å². The molecule has 1 atom stereocenters. The van der Waals surface area contributed by atoms with E-state index in [1.165, 1.54) is 24.3 Å². The van der Waals surface area contributed by atoms with Crippen molar-refractivity contribution in [3.05, 3.63) is 29.8 Å². The minimum atomic E-state index is -3.04. The summed E-state index contributed by atoms with van der Waals surface area (Å²) in [5, 5.41) is 9.81. The molecule has 0 fully saturated rings. The Morgan fingerprint density at radius 2 is 1.84 bits per heavy atom. The molecule has 0 aliphatic rings. The van der Waals surface area contributed by atoms with Gasteiger partial charge < -0.3 is 9.84 Å². The fourth-order valence-corrected chi connectivity index (χ4v) is 2.27. The van der Waals surface area contributed by atoms with Gasteiger partial charge in [0, 0.05) is 12.0 Å². The summed E-state index contributed by atoms with van der Waals surface area (Å²) >= 11 is 0. The molecule has 0 saturated heterocycles. The molecule has 1 aromatic carbocycles. The van der Waals surface area contributed by atoms with Gasteiger partial charge in [0.15, 0.2) is 0 Å². The summed E-state index contributed by atoms with van der Waals surface area (Å²) in [7, 11) is -3.04. The molecule has 1 rings (SSSR count). The topological polar surface area (TPSA) is 63.6 Å². The highest BCUT2D eigenvalue weighted by atomic mass is 32.2. The highest BCUT2D eigenvalue weighted by Crippen LogP contribution is 2.22. The summed E-state index contributed by atoms with van der Waals surface area (Å²) in [5.41, 5.74) is 0.537. The summed E-state index contributed by atoms with van der Waals surface area (Å²) in [6.07, 6.45) is 0.954. The monoisotopic (exact) mass is 294 g/mol. The van der Waals surface area contributed by atoms with Gasteiger partial charge in [0.25, 0.3) is 0 Å². The number of sulfone groups is 1. The van der Waals surface area contributed by atoms with Gasteiger partial charge in [-0.3, -0.25) is 0 Å². The number of rotatable bonds is 7. The van der Waals surface area contributed by atoms with Gasteiger partial charge in [-0.15, -0.1) is 0 Å². The van der Waals surface area contributed by atoms with Crippen LogP contribution >= 0.6 is 0 Å². The molecule has 0 heterocycles. The molecule has 1 aromatic rings. The first-order chi connectivity index (χ1) is 8.78. The van der Waals surface area contributed by atoms with Gasteiger partial charge in [-0.25, -0.2) is 8.42 Å². The molecule has 19 heavy (non-hydrogen) atoms. The zero-order chi connectivity index (χ0) is 14.5. The molecular weight excluding hydrogens is 278 g/mol. The molecule has 4 nitrogen and oxygen atoms in total. The van der Waals surface area contributed by atoms with Gasteiger partial charge in [-0.05, 0) is 30.5 Å². The van der Waals surface area contributed by atoms with E-state index in [4.69, 9.17) is 0 Å². The number of alkyl halides is 2. The van der Waals surface area contributed by atoms with Crippen LogP contribution in [0.1, 0.15) is 24.5 Å². The van der Waals surface area contributed by atoms with Crippen LogP contribution in [-0.4, -0.2) is 32.1 Å². The lowest BCUT2D eigenvalue weighted by atomic mass is 10.1. The van der Waals surface area contributed by atoms with Crippen molar-refractivity contribution in [2.24, 2.45) is 0 Å². The molecule has 0 aliphatic heterocycles. The Bertz CT molecular complexity index is 485. The second kappa shape index (κ2) is 6.81. The minimum Gasteiger partial charge on any atom is -0.435 e. The van der Waals surface area contributed by atoms with E-state index < -0.39 is 22.6 Å². The van der Waals surface area contributed by atoms with Gasteiger partial charge in [0.2, 0.25) is 0 Å². The van der Waals surface area contributed by atoms with Crippen molar-refractivity contribution in [2.75, 3.05) is 12.0 Å². The fraction of sp³-hybridized carbons (Fsp3) is 0.500. The molecule has 0 amide bonds. The Morgan fingerprint density at radius 3 is 2.32 bits per heavy atom. The normalized spacial score (nSPS) is 13.5. The van der Waals surface area contributed by atoms with Crippen LogP contribution in [-0.2, 0) is 9.84 Å². The number of benzene rings is 1. The maximum atomic E-state index is 11.9. The number of hydrogen-bond acceptors (Lipinski definition) is 4. The van der Waals surface area contributed by atoms with Crippen LogP contribution in [0.3, 0.4) is 0 Å². The van der Waals surface area contributed by atoms with Crippen molar-refractivity contribution in [1.29, 1.82) is 0 Å². The van der Waals surface area contributed by atoms with Gasteiger partial charge >= 0.3 is 6.61 Å². The molecule has 0 spiro atoms. The van der Waals surface area contributed by atoms with E-state index in [1.54, 1.807) is 0 Å². The predicted octanol–water partition coefficient (Wildman–Crippen LogP) is 2.15. The van der Waals surface area contributed by atoms with Crippen LogP contribution in [0.4, 0.5) is 8.78 Å². The Labute approximate surface area is 110 Å². The third-order valence-corrected chi connectivity index (χ3v) is 3.51. The average Bonchev–Trinajstić information content (AvgIpc) is 2.27. The molecular formula is C12H16F2O4S. The average molecular weight is 294 g/mol. The van der Waals surface area contributed by atoms with Crippen LogP contribution in [0, 0.1) is 0 Å². The van der Waals surface area contributed by atoms with Crippen LogP contribution < -0.4 is 4.74 Å². The zero-order valence-corrected chi connectivity index (χ0v) is 11.2. The summed E-state index contributed by atoms with van der Waals surface area (Å²) in [6.45, 7) is -2.88. The maximum absolute atomic E-state index is 11.9. The number of hydrogen-bond donors (Lipinski definition) is 1. The molecule has 7 heteroatoms. The predicted molar refractivity (Wildman–Crippen MR) is 67.0 cm³/mol. The largest absolute Gasteiger partial charge is 0.435 e. The van der Waals surface area contributed by atoms with Crippen LogP contribution in [0.15, 0.2) is 24.3 Å². The van der Waals surface area contributed by atoms with Crippen molar-refractivity contribution in [1.82, 2.24) is 0 Å². The number of halogens is 2. The van der Waals surface area contributed by atoms with E-state index in [1.807, 2.05) is 0 Å². The number of aliphatic hydroxyl groups excluding tert-OH is 1. The van der Waals surface area contributed by atoms with Crippen molar-refractivity contribution in [3.63, 3.8) is 0 Å². The minimum absolute atomic E-state index is 0.0106. The van der Waals surface area contributed by atoms with Crippen LogP contribution in [0.5, 0.6) is 5.75 Å². The van der Waals surface area contributed by atoms with Gasteiger partial charge in [0.1, 0.15) is 15.6 Å². The van der Waals surface area contributed by atoms with Gasteiger partial charge in [0.05, 0.1) is 6.10 Å². The zero-order valence-electron chi connectivity index (χ0n) is 10.4. The highest BCUT2D eigenvalue weighted by Gasteiger charge is 2.10. The first kappa shape index (κ1) is 15.8. The van der Waals surface area contributed by atoms with Crippen molar-refractivity contribution >= 4 is 9.84 Å². The summed E-state index contributed by atoms with van der Waals surface area (Å²) in [6, 6.07) is 5.62. The Hall–Kier alpha value is -1.21. The Kier molecular flexibility index (Phi) is 5.68. The van der Waals surface area contributed by atoms with Crippen LogP contribution in [0.25, 0.3) is 0 Å². The van der Waals surface area contributed by atoms with Gasteiger partial charge in [-0.2, -0.15) is 8.78 Å². The van der Waals surface area contributed by atoms with E-state index >= 15 is 0 Å². The number of aliphatic hydroxyl groups is 1. The fourth-order valence-electron chi connectivity index (χ4n) is 1.58. The third-order valence-electron chi connectivity index (χ3n) is 2.48. The first-order valence-corrected chi connectivity index (χ1v) is 7.74. The van der Waals surface area contributed by atoms with Crippen molar-refractivity contribution in [2.45, 2.75) is 25.6 Å². The van der Waals surface area contributed by atoms with E-state index in [9.17, 15) is 22.3 Å². The van der Waals surface area contributed by atoms with E-state index in [0.717, 1.165) is 6.26 Å². The van der Waals surface area contributed by atoms with E-state index in [-0.39, 0.29) is 11.5 Å². The highest BCUT2D eigenvalue weighted by molar-refractivity contribution is 7.90. The first-order valence-electron chi connectivity index (χ1n) is 5.68. The Balaban J connectivity index is 2.51. The third kappa shape index (κ3) is 6.49. The van der Waals surface area contributed by atoms with E-state index in [0.29, 0.717) is 18.4 Å². The smallest absolute Gasteiger partial charge is 0.387 e. The molecule has 0 radical (unpaired) electrons. The maximum Gasteiger partial charge on any atom is 0.387 e.